The summed E-state index contributed by atoms with van der Waals surface area (Å²) >= 11 is 0. The summed E-state index contributed by atoms with van der Waals surface area (Å²) in [6.45, 7) is 2.13. The van der Waals surface area contributed by atoms with Gasteiger partial charge in [-0.3, -0.25) is 0 Å². The summed E-state index contributed by atoms with van der Waals surface area (Å²) < 4.78 is 47.0. The van der Waals surface area contributed by atoms with Gasteiger partial charge in [0.1, 0.15) is 10.7 Å². The Kier molecular flexibility index (Phi) is 3.67. The predicted molar refractivity (Wildman–Crippen MR) is 76.8 cm³/mol. The van der Waals surface area contributed by atoms with Crippen molar-refractivity contribution in [3.63, 3.8) is 0 Å². The van der Waals surface area contributed by atoms with Crippen molar-refractivity contribution in [3.05, 3.63) is 23.5 Å². The van der Waals surface area contributed by atoms with Crippen LogP contribution >= 0.6 is 0 Å². The van der Waals surface area contributed by atoms with Crippen LogP contribution in [0.15, 0.2) is 17.0 Å². The minimum absolute atomic E-state index is 0.0706. The van der Waals surface area contributed by atoms with Gasteiger partial charge >= 0.3 is 0 Å². The maximum atomic E-state index is 14.3. The fourth-order valence-corrected chi connectivity index (χ4v) is 5.10. The number of hydrogen-bond acceptors (Lipinski definition) is 4. The van der Waals surface area contributed by atoms with Gasteiger partial charge in [0.2, 0.25) is 10.0 Å². The lowest BCUT2D eigenvalue weighted by atomic mass is 10.2. The summed E-state index contributed by atoms with van der Waals surface area (Å²) in [4.78, 5) is -0.326. The van der Waals surface area contributed by atoms with Crippen molar-refractivity contribution < 1.29 is 17.5 Å². The van der Waals surface area contributed by atoms with Crippen LogP contribution in [0, 0.1) is 12.7 Å². The number of nitrogen functional groups attached to an aromatic ring is 1. The van der Waals surface area contributed by atoms with Crippen LogP contribution in [-0.2, 0) is 14.8 Å². The van der Waals surface area contributed by atoms with Crippen LogP contribution in [0.1, 0.15) is 24.8 Å². The molecule has 5 nitrogen and oxygen atoms in total. The maximum absolute atomic E-state index is 14.3. The lowest BCUT2D eigenvalue weighted by Gasteiger charge is -2.36. The third kappa shape index (κ3) is 2.43. The van der Waals surface area contributed by atoms with Crippen LogP contribution < -0.4 is 5.73 Å². The zero-order valence-electron chi connectivity index (χ0n) is 11.9. The Morgan fingerprint density at radius 3 is 2.90 bits per heavy atom. The quantitative estimate of drug-likeness (QED) is 0.843. The van der Waals surface area contributed by atoms with E-state index in [9.17, 15) is 12.8 Å². The molecule has 1 aromatic rings. The average molecular weight is 314 g/mol. The summed E-state index contributed by atoms with van der Waals surface area (Å²) in [6.07, 6.45) is 2.47. The number of nitrogens with two attached hydrogens (primary N) is 1. The molecule has 1 saturated carbocycles. The molecule has 2 aliphatic rings. The molecule has 1 aromatic carbocycles. The molecule has 1 heterocycles. The highest BCUT2D eigenvalue weighted by molar-refractivity contribution is 7.89. The minimum atomic E-state index is -3.89. The van der Waals surface area contributed by atoms with Gasteiger partial charge in [0.05, 0.1) is 18.8 Å². The van der Waals surface area contributed by atoms with E-state index in [-0.39, 0.29) is 34.8 Å². The van der Waals surface area contributed by atoms with Gasteiger partial charge in [-0.25, -0.2) is 12.8 Å². The highest BCUT2D eigenvalue weighted by Gasteiger charge is 2.43. The van der Waals surface area contributed by atoms with Crippen LogP contribution in [0.2, 0.25) is 0 Å². The number of rotatable bonds is 2. The lowest BCUT2D eigenvalue weighted by molar-refractivity contribution is -0.0242. The first-order valence-corrected chi connectivity index (χ1v) is 8.54. The molecule has 0 radical (unpaired) electrons. The number of hydrogen-bond donors (Lipinski definition) is 1. The average Bonchev–Trinajstić information content (AvgIpc) is 2.90. The van der Waals surface area contributed by atoms with Gasteiger partial charge in [0.15, 0.2) is 0 Å². The molecule has 0 amide bonds. The molecule has 2 atom stereocenters. The Morgan fingerprint density at radius 2 is 2.14 bits per heavy atom. The first-order chi connectivity index (χ1) is 9.91. The number of anilines is 1. The van der Waals surface area contributed by atoms with Crippen molar-refractivity contribution in [2.75, 3.05) is 18.9 Å². The molecule has 116 valence electrons. The number of morpholine rings is 1. The van der Waals surface area contributed by atoms with Crippen molar-refractivity contribution in [1.82, 2.24) is 4.31 Å². The van der Waals surface area contributed by atoms with E-state index < -0.39 is 15.8 Å². The van der Waals surface area contributed by atoms with Gasteiger partial charge in [0.25, 0.3) is 0 Å². The third-order valence-electron chi connectivity index (χ3n) is 4.26. The third-order valence-corrected chi connectivity index (χ3v) is 6.19. The van der Waals surface area contributed by atoms with Crippen LogP contribution in [0.25, 0.3) is 0 Å². The Labute approximate surface area is 123 Å². The van der Waals surface area contributed by atoms with E-state index in [1.807, 2.05) is 0 Å². The topological polar surface area (TPSA) is 72.6 Å². The number of benzene rings is 1. The number of aryl methyl sites for hydroxylation is 1. The van der Waals surface area contributed by atoms with Crippen molar-refractivity contribution >= 4 is 15.7 Å². The van der Waals surface area contributed by atoms with Crippen LogP contribution in [-0.4, -0.2) is 38.0 Å². The van der Waals surface area contributed by atoms with Crippen molar-refractivity contribution in [3.8, 4) is 0 Å². The summed E-state index contributed by atoms with van der Waals surface area (Å²) in [5.41, 5.74) is 6.18. The number of nitrogens with zero attached hydrogens (tertiary/aromatic N) is 1. The second kappa shape index (κ2) is 5.23. The molecule has 1 aliphatic carbocycles. The van der Waals surface area contributed by atoms with Crippen LogP contribution in [0.4, 0.5) is 10.1 Å². The molecule has 7 heteroatoms. The van der Waals surface area contributed by atoms with E-state index in [4.69, 9.17) is 10.5 Å². The van der Waals surface area contributed by atoms with Gasteiger partial charge in [-0.15, -0.1) is 0 Å². The summed E-state index contributed by atoms with van der Waals surface area (Å²) in [5, 5.41) is 0. The van der Waals surface area contributed by atoms with Crippen molar-refractivity contribution in [1.29, 1.82) is 0 Å². The molecule has 1 aliphatic heterocycles. The number of ether oxygens (including phenoxy) is 1. The smallest absolute Gasteiger partial charge is 0.246 e. The number of sulfonamides is 1. The van der Waals surface area contributed by atoms with Gasteiger partial charge in [0, 0.05) is 12.2 Å². The lowest BCUT2D eigenvalue weighted by Crippen LogP contribution is -2.51. The number of halogens is 1. The van der Waals surface area contributed by atoms with E-state index in [0.717, 1.165) is 19.3 Å². The molecule has 3 rings (SSSR count). The monoisotopic (exact) mass is 314 g/mol. The number of fused-ring (bicyclic) bond motifs is 1. The van der Waals surface area contributed by atoms with E-state index >= 15 is 0 Å². The molecule has 1 saturated heterocycles. The van der Waals surface area contributed by atoms with Gasteiger partial charge in [-0.1, -0.05) is 0 Å². The molecule has 2 fully saturated rings. The summed E-state index contributed by atoms with van der Waals surface area (Å²) in [5.74, 6) is -0.717. The van der Waals surface area contributed by atoms with Crippen molar-refractivity contribution in [2.24, 2.45) is 0 Å². The Balaban J connectivity index is 2.04. The first kappa shape index (κ1) is 14.7. The highest BCUT2D eigenvalue weighted by atomic mass is 32.2. The molecular weight excluding hydrogens is 295 g/mol. The van der Waals surface area contributed by atoms with Gasteiger partial charge in [-0.05, 0) is 43.9 Å². The molecule has 0 spiro atoms. The molecule has 0 aromatic heterocycles. The molecule has 2 unspecified atom stereocenters. The second-order valence-electron chi connectivity index (χ2n) is 5.67. The maximum Gasteiger partial charge on any atom is 0.246 e. The van der Waals surface area contributed by atoms with Gasteiger partial charge in [-0.2, -0.15) is 4.31 Å². The molecular formula is C14H19FN2O3S. The van der Waals surface area contributed by atoms with E-state index in [1.54, 1.807) is 0 Å². The summed E-state index contributed by atoms with van der Waals surface area (Å²) in [6, 6.07) is 2.45. The molecule has 21 heavy (non-hydrogen) atoms. The van der Waals surface area contributed by atoms with E-state index in [2.05, 4.69) is 0 Å². The standard InChI is InChI=1S/C14H19FN2O3S/c1-9-7-10(16)8-13(14(9)15)21(18,19)17-5-6-20-12-4-2-3-11(12)17/h7-8,11-12H,2-6,16H2,1H3. The Hall–Kier alpha value is -1.18. The highest BCUT2D eigenvalue weighted by Crippen LogP contribution is 2.34. The summed E-state index contributed by atoms with van der Waals surface area (Å²) in [7, 11) is -3.89. The zero-order valence-corrected chi connectivity index (χ0v) is 12.7. The molecule has 2 N–H and O–H groups in total. The van der Waals surface area contributed by atoms with Crippen LogP contribution in [0.3, 0.4) is 0 Å². The first-order valence-electron chi connectivity index (χ1n) is 7.10. The normalized spacial score (nSPS) is 26.8. The van der Waals surface area contributed by atoms with Crippen molar-refractivity contribution in [2.45, 2.75) is 43.2 Å². The Bertz CT molecular complexity index is 662. The fraction of sp³-hybridized carbons (Fsp3) is 0.571. The largest absolute Gasteiger partial charge is 0.399 e. The Morgan fingerprint density at radius 1 is 1.38 bits per heavy atom. The van der Waals surface area contributed by atoms with E-state index in [0.29, 0.717) is 6.61 Å². The van der Waals surface area contributed by atoms with E-state index in [1.165, 1.54) is 23.4 Å². The zero-order chi connectivity index (χ0) is 15.2. The second-order valence-corrected chi connectivity index (χ2v) is 7.53. The predicted octanol–water partition coefficient (Wildman–Crippen LogP) is 1.66. The van der Waals surface area contributed by atoms with Crippen LogP contribution in [0.5, 0.6) is 0 Å². The fourth-order valence-electron chi connectivity index (χ4n) is 3.27. The van der Waals surface area contributed by atoms with Gasteiger partial charge < -0.3 is 10.5 Å². The SMILES string of the molecule is Cc1cc(N)cc(S(=O)(=O)N2CCOC3CCCC32)c1F. The molecule has 0 bridgehead atoms. The minimum Gasteiger partial charge on any atom is -0.399 e.